The smallest absolute Gasteiger partial charge is 0.334 e. The first-order valence-electron chi connectivity index (χ1n) is 7.15. The molecule has 3 N–H and O–H groups in total. The van der Waals surface area contributed by atoms with E-state index in [0.717, 1.165) is 0 Å². The standard InChI is InChI=1S/C8H20O5P2S2.C3H8O3/c1-5-9-14(16,10-6-2)13-15(17,11-7-3)12-8-4;4-1-3(6)2-5/h5-8H2,1-4H3;3-6H,1-2H2. The highest BCUT2D eigenvalue weighted by atomic mass is 32.5. The highest BCUT2D eigenvalue weighted by Crippen LogP contribution is 2.66. The van der Waals surface area contributed by atoms with Crippen LogP contribution in [-0.2, 0) is 46.0 Å². The van der Waals surface area contributed by atoms with E-state index in [-0.39, 0.29) is 13.2 Å². The molecule has 142 valence electrons. The van der Waals surface area contributed by atoms with Crippen molar-refractivity contribution in [1.82, 2.24) is 0 Å². The predicted octanol–water partition coefficient (Wildman–Crippen LogP) is 1.93. The molecule has 0 aliphatic rings. The molecule has 0 bridgehead atoms. The summed E-state index contributed by atoms with van der Waals surface area (Å²) >= 11 is 10.4. The van der Waals surface area contributed by atoms with Crippen molar-refractivity contribution in [1.29, 1.82) is 0 Å². The van der Waals surface area contributed by atoms with Crippen LogP contribution in [0.2, 0.25) is 0 Å². The largest absolute Gasteiger partial charge is 0.394 e. The Morgan fingerprint density at radius 2 is 1.00 bits per heavy atom. The van der Waals surface area contributed by atoms with Crippen LogP contribution in [0.25, 0.3) is 0 Å². The lowest BCUT2D eigenvalue weighted by Gasteiger charge is -2.27. The summed E-state index contributed by atoms with van der Waals surface area (Å²) in [6.45, 7) is 2.36. The Hall–Kier alpha value is 0.980. The third-order valence-electron chi connectivity index (χ3n) is 1.77. The zero-order valence-corrected chi connectivity index (χ0v) is 17.3. The van der Waals surface area contributed by atoms with Gasteiger partial charge in [0.1, 0.15) is 6.10 Å². The summed E-state index contributed by atoms with van der Waals surface area (Å²) in [6.07, 6.45) is -0.954. The normalized spacial score (nSPS) is 12.2. The summed E-state index contributed by atoms with van der Waals surface area (Å²) in [7, 11) is 0. The van der Waals surface area contributed by atoms with Gasteiger partial charge in [-0.05, 0) is 51.3 Å². The van der Waals surface area contributed by atoms with Gasteiger partial charge in [0.2, 0.25) is 0 Å². The summed E-state index contributed by atoms with van der Waals surface area (Å²) in [5, 5.41) is 24.0. The van der Waals surface area contributed by atoms with Crippen LogP contribution in [0.1, 0.15) is 27.7 Å². The summed E-state index contributed by atoms with van der Waals surface area (Å²) < 4.78 is 26.9. The topological polar surface area (TPSA) is 107 Å². The van der Waals surface area contributed by atoms with E-state index >= 15 is 0 Å². The molecule has 0 unspecified atom stereocenters. The fourth-order valence-corrected chi connectivity index (χ4v) is 7.35. The minimum Gasteiger partial charge on any atom is -0.394 e. The van der Waals surface area contributed by atoms with Crippen molar-refractivity contribution < 1.29 is 37.7 Å². The molecule has 0 saturated heterocycles. The second-order valence-corrected chi connectivity index (χ2v) is 9.82. The Morgan fingerprint density at radius 3 is 1.13 bits per heavy atom. The molecule has 0 aliphatic carbocycles. The molecule has 0 saturated carbocycles. The zero-order valence-electron chi connectivity index (χ0n) is 13.9. The first-order chi connectivity index (χ1) is 10.8. The minimum absolute atomic E-state index is 0.365. The first kappa shape index (κ1) is 26.2. The molecule has 23 heavy (non-hydrogen) atoms. The van der Waals surface area contributed by atoms with Gasteiger partial charge in [-0.15, -0.1) is 0 Å². The monoisotopic (exact) mass is 414 g/mol. The molecular weight excluding hydrogens is 386 g/mol. The van der Waals surface area contributed by atoms with Gasteiger partial charge in [0.05, 0.1) is 39.6 Å². The van der Waals surface area contributed by atoms with Crippen molar-refractivity contribution in [2.45, 2.75) is 33.8 Å². The summed E-state index contributed by atoms with van der Waals surface area (Å²) in [4.78, 5) is 0. The third-order valence-corrected chi connectivity index (χ3v) is 8.13. The van der Waals surface area contributed by atoms with E-state index in [4.69, 9.17) is 61.3 Å². The van der Waals surface area contributed by atoms with E-state index in [2.05, 4.69) is 0 Å². The molecular formula is C11H28O8P2S2. The number of hydrogen-bond acceptors (Lipinski definition) is 10. The third kappa shape index (κ3) is 13.9. The molecule has 0 aromatic heterocycles. The molecule has 0 atom stereocenters. The lowest BCUT2D eigenvalue weighted by molar-refractivity contribution is 0.0450. The van der Waals surface area contributed by atoms with Crippen molar-refractivity contribution in [2.75, 3.05) is 39.6 Å². The van der Waals surface area contributed by atoms with E-state index in [0.29, 0.717) is 26.4 Å². The molecule has 0 amide bonds. The fraction of sp³-hybridized carbons (Fsp3) is 1.00. The quantitative estimate of drug-likeness (QED) is 0.410. The first-order valence-corrected chi connectivity index (χ1v) is 12.3. The Labute approximate surface area is 148 Å². The van der Waals surface area contributed by atoms with Crippen molar-refractivity contribution in [3.05, 3.63) is 0 Å². The van der Waals surface area contributed by atoms with Gasteiger partial charge in [0.15, 0.2) is 0 Å². The maximum atomic E-state index is 8.17. The van der Waals surface area contributed by atoms with Crippen LogP contribution in [0.3, 0.4) is 0 Å². The van der Waals surface area contributed by atoms with Gasteiger partial charge in [-0.1, -0.05) is 0 Å². The van der Waals surface area contributed by atoms with E-state index in [1.165, 1.54) is 0 Å². The van der Waals surface area contributed by atoms with Crippen LogP contribution in [0, 0.1) is 0 Å². The SMILES string of the molecule is CCOP(=S)(OCC)OP(=S)(OCC)OCC.OCC(O)CO. The van der Waals surface area contributed by atoms with Gasteiger partial charge in [0, 0.05) is 0 Å². The summed E-state index contributed by atoms with van der Waals surface area (Å²) in [5.74, 6) is 0. The number of aliphatic hydroxyl groups excluding tert-OH is 3. The maximum absolute atomic E-state index is 8.17. The van der Waals surface area contributed by atoms with Crippen LogP contribution in [0.4, 0.5) is 0 Å². The maximum Gasteiger partial charge on any atom is 0.334 e. The van der Waals surface area contributed by atoms with E-state index in [9.17, 15) is 0 Å². The van der Waals surface area contributed by atoms with Crippen LogP contribution in [0.5, 0.6) is 0 Å². The average Bonchev–Trinajstić information content (AvgIpc) is 2.47. The molecule has 8 nitrogen and oxygen atoms in total. The number of aliphatic hydroxyl groups is 3. The molecule has 0 spiro atoms. The van der Waals surface area contributed by atoms with Crippen LogP contribution in [0.15, 0.2) is 0 Å². The van der Waals surface area contributed by atoms with Crippen molar-refractivity contribution >= 4 is 37.1 Å². The Bertz CT molecular complexity index is 320. The number of hydrogen-bond donors (Lipinski definition) is 3. The van der Waals surface area contributed by atoms with Gasteiger partial charge in [-0.3, -0.25) is 0 Å². The van der Waals surface area contributed by atoms with Crippen LogP contribution < -0.4 is 0 Å². The lowest BCUT2D eigenvalue weighted by atomic mass is 10.4. The predicted molar refractivity (Wildman–Crippen MR) is 96.3 cm³/mol. The Balaban J connectivity index is 0. The van der Waals surface area contributed by atoms with Gasteiger partial charge in [0.25, 0.3) is 0 Å². The molecule has 0 aliphatic heterocycles. The van der Waals surface area contributed by atoms with E-state index in [1.54, 1.807) is 0 Å². The van der Waals surface area contributed by atoms with Crippen molar-refractivity contribution in [3.8, 4) is 0 Å². The van der Waals surface area contributed by atoms with Crippen LogP contribution >= 0.6 is 13.4 Å². The van der Waals surface area contributed by atoms with Crippen molar-refractivity contribution in [2.24, 2.45) is 0 Å². The summed E-state index contributed by atoms with van der Waals surface area (Å²) in [5.41, 5.74) is 0. The zero-order chi connectivity index (χ0) is 18.4. The van der Waals surface area contributed by atoms with Crippen molar-refractivity contribution in [3.63, 3.8) is 0 Å². The highest BCUT2D eigenvalue weighted by molar-refractivity contribution is 8.14. The molecule has 0 aromatic carbocycles. The van der Waals surface area contributed by atoms with Gasteiger partial charge >= 0.3 is 13.4 Å². The number of rotatable bonds is 12. The lowest BCUT2D eigenvalue weighted by Crippen LogP contribution is -2.15. The minimum atomic E-state index is -2.87. The fourth-order valence-electron chi connectivity index (χ4n) is 0.981. The van der Waals surface area contributed by atoms with Gasteiger partial charge < -0.3 is 33.4 Å². The highest BCUT2D eigenvalue weighted by Gasteiger charge is 2.31. The second kappa shape index (κ2) is 15.3. The Morgan fingerprint density at radius 1 is 0.739 bits per heavy atom. The molecule has 12 heteroatoms. The van der Waals surface area contributed by atoms with E-state index < -0.39 is 19.5 Å². The van der Waals surface area contributed by atoms with E-state index in [1.807, 2.05) is 27.7 Å². The Kier molecular flexibility index (Phi) is 17.4. The molecule has 0 fully saturated rings. The average molecular weight is 414 g/mol. The molecule has 0 radical (unpaired) electrons. The molecule has 0 heterocycles. The summed E-state index contributed by atoms with van der Waals surface area (Å²) in [6, 6.07) is 0. The second-order valence-electron chi connectivity index (χ2n) is 3.67. The van der Waals surface area contributed by atoms with Crippen LogP contribution in [-0.4, -0.2) is 61.1 Å². The van der Waals surface area contributed by atoms with Gasteiger partial charge in [-0.2, -0.15) is 0 Å². The molecule has 0 aromatic rings. The van der Waals surface area contributed by atoms with Gasteiger partial charge in [-0.25, -0.2) is 4.31 Å². The molecule has 0 rings (SSSR count).